The van der Waals surface area contributed by atoms with Gasteiger partial charge >= 0.3 is 0 Å². The van der Waals surface area contributed by atoms with Crippen molar-refractivity contribution in [1.82, 2.24) is 4.98 Å². The molecule has 0 saturated carbocycles. The highest BCUT2D eigenvalue weighted by molar-refractivity contribution is 6.17. The number of alkyl halides is 1. The first-order chi connectivity index (χ1) is 7.95. The number of rotatable bonds is 5. The maximum atomic E-state index is 5.82. The van der Waals surface area contributed by atoms with E-state index in [1.54, 1.807) is 0 Å². The van der Waals surface area contributed by atoms with Gasteiger partial charge in [-0.3, -0.25) is 0 Å². The van der Waals surface area contributed by atoms with Crippen molar-refractivity contribution in [2.45, 2.75) is 46.5 Å². The van der Waals surface area contributed by atoms with Gasteiger partial charge in [-0.25, -0.2) is 4.98 Å². The average Bonchev–Trinajstić information content (AvgIpc) is 2.25. The monoisotopic (exact) mass is 254 g/mol. The van der Waals surface area contributed by atoms with E-state index in [0.717, 1.165) is 17.9 Å². The van der Waals surface area contributed by atoms with E-state index in [1.807, 2.05) is 6.20 Å². The molecule has 2 nitrogen and oxygen atoms in total. The number of nitrogens with zero attached hydrogens (tertiary/aromatic N) is 2. The van der Waals surface area contributed by atoms with Crippen LogP contribution < -0.4 is 4.90 Å². The lowest BCUT2D eigenvalue weighted by Gasteiger charge is -2.31. The number of aromatic nitrogens is 1. The first-order valence-corrected chi connectivity index (χ1v) is 6.77. The summed E-state index contributed by atoms with van der Waals surface area (Å²) in [5.74, 6) is 2.24. The number of hydrogen-bond acceptors (Lipinski definition) is 2. The molecule has 0 fully saturated rings. The van der Waals surface area contributed by atoms with Gasteiger partial charge in [0.25, 0.3) is 0 Å². The molecule has 1 rings (SSSR count). The van der Waals surface area contributed by atoms with Crippen LogP contribution in [0.4, 0.5) is 5.82 Å². The topological polar surface area (TPSA) is 16.1 Å². The van der Waals surface area contributed by atoms with Gasteiger partial charge in [0.15, 0.2) is 0 Å². The molecule has 0 bridgehead atoms. The molecule has 0 aliphatic carbocycles. The minimum absolute atomic E-state index is 0.463. The summed E-state index contributed by atoms with van der Waals surface area (Å²) in [5, 5.41) is 0. The van der Waals surface area contributed by atoms with Crippen molar-refractivity contribution in [1.29, 1.82) is 0 Å². The highest BCUT2D eigenvalue weighted by atomic mass is 35.5. The van der Waals surface area contributed by atoms with Crippen molar-refractivity contribution in [2.75, 3.05) is 11.4 Å². The Morgan fingerprint density at radius 2 is 1.94 bits per heavy atom. The molecule has 0 unspecified atom stereocenters. The first kappa shape index (κ1) is 14.3. The normalized spacial score (nSPS) is 11.3. The van der Waals surface area contributed by atoms with Gasteiger partial charge in [0.2, 0.25) is 0 Å². The van der Waals surface area contributed by atoms with E-state index < -0.39 is 0 Å². The van der Waals surface area contributed by atoms with Crippen LogP contribution in [0, 0.1) is 12.8 Å². The Morgan fingerprint density at radius 1 is 1.29 bits per heavy atom. The predicted molar refractivity (Wildman–Crippen MR) is 75.9 cm³/mol. The molecule has 0 N–H and O–H groups in total. The Balaban J connectivity index is 3.01. The summed E-state index contributed by atoms with van der Waals surface area (Å²) >= 11 is 5.82. The first-order valence-electron chi connectivity index (χ1n) is 6.23. The summed E-state index contributed by atoms with van der Waals surface area (Å²) in [6, 6.07) is 2.59. The standard InChI is InChI=1S/C14H23ClN2/c1-10(2)9-17(11(3)4)14-12(5)6-13(7-15)8-16-14/h6,8,10-11H,7,9H2,1-5H3. The van der Waals surface area contributed by atoms with Gasteiger partial charge in [-0.05, 0) is 43.9 Å². The lowest BCUT2D eigenvalue weighted by Crippen LogP contribution is -2.35. The summed E-state index contributed by atoms with van der Waals surface area (Å²) in [6.07, 6.45) is 1.88. The second-order valence-electron chi connectivity index (χ2n) is 5.26. The highest BCUT2D eigenvalue weighted by Crippen LogP contribution is 2.22. The smallest absolute Gasteiger partial charge is 0.131 e. The molecule has 0 radical (unpaired) electrons. The zero-order valence-corrected chi connectivity index (χ0v) is 12.3. The second-order valence-corrected chi connectivity index (χ2v) is 5.52. The minimum atomic E-state index is 0.463. The van der Waals surface area contributed by atoms with E-state index in [0.29, 0.717) is 17.8 Å². The molecule has 3 heteroatoms. The zero-order valence-electron chi connectivity index (χ0n) is 11.5. The van der Waals surface area contributed by atoms with Crippen molar-refractivity contribution in [3.63, 3.8) is 0 Å². The van der Waals surface area contributed by atoms with Gasteiger partial charge < -0.3 is 4.90 Å². The number of aryl methyl sites for hydroxylation is 1. The van der Waals surface area contributed by atoms with Gasteiger partial charge in [-0.15, -0.1) is 11.6 Å². The van der Waals surface area contributed by atoms with Crippen LogP contribution in [0.5, 0.6) is 0 Å². The molecular formula is C14H23ClN2. The Morgan fingerprint density at radius 3 is 2.35 bits per heavy atom. The minimum Gasteiger partial charge on any atom is -0.354 e. The number of pyridine rings is 1. The Kier molecular flexibility index (Phi) is 5.26. The number of halogens is 1. The van der Waals surface area contributed by atoms with Crippen LogP contribution in [-0.4, -0.2) is 17.6 Å². The van der Waals surface area contributed by atoms with Gasteiger partial charge in [0.05, 0.1) is 0 Å². The maximum absolute atomic E-state index is 5.82. The number of hydrogen-bond donors (Lipinski definition) is 0. The van der Waals surface area contributed by atoms with Gasteiger partial charge in [-0.1, -0.05) is 13.8 Å². The molecule has 96 valence electrons. The molecule has 1 heterocycles. The third kappa shape index (κ3) is 3.88. The Bertz CT molecular complexity index is 361. The average molecular weight is 255 g/mol. The Labute approximate surface area is 110 Å². The molecular weight excluding hydrogens is 232 g/mol. The van der Waals surface area contributed by atoms with E-state index >= 15 is 0 Å². The van der Waals surface area contributed by atoms with Crippen LogP contribution in [0.2, 0.25) is 0 Å². The largest absolute Gasteiger partial charge is 0.354 e. The highest BCUT2D eigenvalue weighted by Gasteiger charge is 2.15. The van der Waals surface area contributed by atoms with Crippen LogP contribution in [0.1, 0.15) is 38.8 Å². The molecule has 0 saturated heterocycles. The van der Waals surface area contributed by atoms with E-state index in [-0.39, 0.29) is 0 Å². The summed E-state index contributed by atoms with van der Waals surface area (Å²) in [5.41, 5.74) is 2.29. The summed E-state index contributed by atoms with van der Waals surface area (Å²) in [7, 11) is 0. The Hall–Kier alpha value is -0.760. The summed E-state index contributed by atoms with van der Waals surface area (Å²) in [4.78, 5) is 6.92. The SMILES string of the molecule is Cc1cc(CCl)cnc1N(CC(C)C)C(C)C. The molecule has 0 amide bonds. The van der Waals surface area contributed by atoms with E-state index in [9.17, 15) is 0 Å². The van der Waals surface area contributed by atoms with Crippen molar-refractivity contribution >= 4 is 17.4 Å². The fraction of sp³-hybridized carbons (Fsp3) is 0.643. The van der Waals surface area contributed by atoms with Crippen LogP contribution >= 0.6 is 11.6 Å². The summed E-state index contributed by atoms with van der Waals surface area (Å²) < 4.78 is 0. The molecule has 1 aromatic heterocycles. The van der Waals surface area contributed by atoms with Crippen molar-refractivity contribution < 1.29 is 0 Å². The van der Waals surface area contributed by atoms with Crippen LogP contribution in [0.3, 0.4) is 0 Å². The number of anilines is 1. The fourth-order valence-electron chi connectivity index (χ4n) is 1.93. The van der Waals surface area contributed by atoms with Crippen LogP contribution in [-0.2, 0) is 5.88 Å². The van der Waals surface area contributed by atoms with Crippen LogP contribution in [0.15, 0.2) is 12.3 Å². The van der Waals surface area contributed by atoms with Gasteiger partial charge in [0, 0.05) is 24.7 Å². The third-order valence-electron chi connectivity index (χ3n) is 2.72. The van der Waals surface area contributed by atoms with E-state index in [4.69, 9.17) is 11.6 Å². The zero-order chi connectivity index (χ0) is 13.0. The maximum Gasteiger partial charge on any atom is 0.131 e. The second kappa shape index (κ2) is 6.25. The molecule has 0 atom stereocenters. The fourth-order valence-corrected chi connectivity index (χ4v) is 2.08. The van der Waals surface area contributed by atoms with Gasteiger partial charge in [-0.2, -0.15) is 0 Å². The molecule has 1 aromatic rings. The lowest BCUT2D eigenvalue weighted by molar-refractivity contribution is 0.565. The summed E-state index contributed by atoms with van der Waals surface area (Å²) in [6.45, 7) is 12.0. The molecule has 0 aromatic carbocycles. The lowest BCUT2D eigenvalue weighted by atomic mass is 10.1. The molecule has 17 heavy (non-hydrogen) atoms. The molecule has 0 spiro atoms. The van der Waals surface area contributed by atoms with Crippen LogP contribution in [0.25, 0.3) is 0 Å². The third-order valence-corrected chi connectivity index (χ3v) is 3.03. The van der Waals surface area contributed by atoms with Crippen molar-refractivity contribution in [3.05, 3.63) is 23.4 Å². The quantitative estimate of drug-likeness (QED) is 0.739. The molecule has 0 aliphatic heterocycles. The van der Waals surface area contributed by atoms with Gasteiger partial charge in [0.1, 0.15) is 5.82 Å². The van der Waals surface area contributed by atoms with E-state index in [1.165, 1.54) is 5.56 Å². The van der Waals surface area contributed by atoms with E-state index in [2.05, 4.69) is 50.6 Å². The molecule has 0 aliphatic rings. The van der Waals surface area contributed by atoms with Crippen molar-refractivity contribution in [3.8, 4) is 0 Å². The predicted octanol–water partition coefficient (Wildman–Crippen LogP) is 4.00. The van der Waals surface area contributed by atoms with Crippen molar-refractivity contribution in [2.24, 2.45) is 5.92 Å².